The summed E-state index contributed by atoms with van der Waals surface area (Å²) in [6, 6.07) is 0.920. The first kappa shape index (κ1) is 11.6. The maximum Gasteiger partial charge on any atom is 0.434 e. The zero-order chi connectivity index (χ0) is 11.9. The van der Waals surface area contributed by atoms with Gasteiger partial charge in [0.05, 0.1) is 5.56 Å². The molecule has 1 aromatic heterocycles. The Hall–Kier alpha value is -1.47. The number of aromatic nitrogens is 1. The summed E-state index contributed by atoms with van der Waals surface area (Å²) in [5.74, 6) is -0.615. The first-order chi connectivity index (χ1) is 6.62. The average Bonchev–Trinajstić information content (AvgIpc) is 2.00. The lowest BCUT2D eigenvalue weighted by Gasteiger charge is -2.14. The Morgan fingerprint density at radius 3 is 1.87 bits per heavy atom. The van der Waals surface area contributed by atoms with E-state index in [1.54, 1.807) is 0 Å². The molecule has 2 nitrogen and oxygen atoms in total. The molecule has 0 unspecified atom stereocenters. The molecular formula is C7H4F6N2. The summed E-state index contributed by atoms with van der Waals surface area (Å²) in [6.45, 7) is 0. The minimum absolute atomic E-state index is 0.255. The fourth-order valence-electron chi connectivity index (χ4n) is 0.919. The van der Waals surface area contributed by atoms with E-state index in [9.17, 15) is 26.3 Å². The van der Waals surface area contributed by atoms with Gasteiger partial charge in [-0.1, -0.05) is 0 Å². The number of hydrogen-bond acceptors (Lipinski definition) is 2. The SMILES string of the molecule is Nc1ccc(C(F)(F)F)c(C(F)(F)F)n1. The molecule has 15 heavy (non-hydrogen) atoms. The second-order valence-electron chi connectivity index (χ2n) is 2.63. The van der Waals surface area contributed by atoms with E-state index in [2.05, 4.69) is 4.98 Å². The van der Waals surface area contributed by atoms with Crippen molar-refractivity contribution in [3.8, 4) is 0 Å². The number of anilines is 1. The number of nitrogens with zero attached hydrogens (tertiary/aromatic N) is 1. The van der Waals surface area contributed by atoms with E-state index in [-0.39, 0.29) is 6.07 Å². The fourth-order valence-corrected chi connectivity index (χ4v) is 0.919. The van der Waals surface area contributed by atoms with Crippen molar-refractivity contribution in [2.75, 3.05) is 5.73 Å². The van der Waals surface area contributed by atoms with Crippen LogP contribution in [0.5, 0.6) is 0 Å². The van der Waals surface area contributed by atoms with Crippen molar-refractivity contribution < 1.29 is 26.3 Å². The van der Waals surface area contributed by atoms with Gasteiger partial charge in [0.15, 0.2) is 5.69 Å². The molecule has 0 spiro atoms. The fraction of sp³-hybridized carbons (Fsp3) is 0.286. The van der Waals surface area contributed by atoms with Crippen LogP contribution in [0.3, 0.4) is 0 Å². The van der Waals surface area contributed by atoms with E-state index in [1.165, 1.54) is 0 Å². The maximum absolute atomic E-state index is 12.1. The highest BCUT2D eigenvalue weighted by molar-refractivity contribution is 5.36. The first-order valence-corrected chi connectivity index (χ1v) is 3.53. The Balaban J connectivity index is 3.41. The van der Waals surface area contributed by atoms with Crippen LogP contribution in [-0.4, -0.2) is 4.98 Å². The van der Waals surface area contributed by atoms with E-state index in [4.69, 9.17) is 5.73 Å². The van der Waals surface area contributed by atoms with Gasteiger partial charge in [0.1, 0.15) is 5.82 Å². The zero-order valence-corrected chi connectivity index (χ0v) is 6.95. The van der Waals surface area contributed by atoms with Crippen LogP contribution in [0, 0.1) is 0 Å². The Bertz CT molecular complexity index is 367. The number of rotatable bonds is 0. The predicted octanol–water partition coefficient (Wildman–Crippen LogP) is 2.70. The molecule has 1 aromatic rings. The first-order valence-electron chi connectivity index (χ1n) is 3.53. The summed E-state index contributed by atoms with van der Waals surface area (Å²) in [5, 5.41) is 0. The second kappa shape index (κ2) is 3.28. The summed E-state index contributed by atoms with van der Waals surface area (Å²) in [5.41, 5.74) is 1.03. The van der Waals surface area contributed by atoms with Crippen molar-refractivity contribution in [1.29, 1.82) is 0 Å². The van der Waals surface area contributed by atoms with Crippen LogP contribution >= 0.6 is 0 Å². The summed E-state index contributed by atoms with van der Waals surface area (Å²) >= 11 is 0. The predicted molar refractivity (Wildman–Crippen MR) is 38.7 cm³/mol. The standard InChI is InChI=1S/C7H4F6N2/c8-6(9,10)3-1-2-4(14)15-5(3)7(11,12)13/h1-2H,(H2,14,15). The number of halogens is 6. The van der Waals surface area contributed by atoms with Crippen molar-refractivity contribution in [3.05, 3.63) is 23.4 Å². The van der Waals surface area contributed by atoms with Gasteiger partial charge in [0.2, 0.25) is 0 Å². The van der Waals surface area contributed by atoms with Crippen LogP contribution in [0.25, 0.3) is 0 Å². The van der Waals surface area contributed by atoms with Crippen molar-refractivity contribution in [2.24, 2.45) is 0 Å². The van der Waals surface area contributed by atoms with Gasteiger partial charge >= 0.3 is 12.4 Å². The highest BCUT2D eigenvalue weighted by atomic mass is 19.4. The zero-order valence-electron chi connectivity index (χ0n) is 6.95. The van der Waals surface area contributed by atoms with E-state index >= 15 is 0 Å². The van der Waals surface area contributed by atoms with Gasteiger partial charge in [0.25, 0.3) is 0 Å². The van der Waals surface area contributed by atoms with Gasteiger partial charge in [-0.2, -0.15) is 26.3 Å². The third kappa shape index (κ3) is 2.51. The van der Waals surface area contributed by atoms with E-state index in [0.29, 0.717) is 6.07 Å². The van der Waals surface area contributed by atoms with Gasteiger partial charge in [-0.25, -0.2) is 4.98 Å². The molecule has 0 fully saturated rings. The number of alkyl halides is 6. The third-order valence-electron chi connectivity index (χ3n) is 1.49. The molecule has 0 saturated carbocycles. The normalized spacial score (nSPS) is 12.9. The molecule has 0 radical (unpaired) electrons. The van der Waals surface area contributed by atoms with Gasteiger partial charge < -0.3 is 5.73 Å². The summed E-state index contributed by atoms with van der Waals surface area (Å²) in [4.78, 5) is 2.64. The minimum Gasteiger partial charge on any atom is -0.384 e. The lowest BCUT2D eigenvalue weighted by atomic mass is 10.2. The molecular weight excluding hydrogens is 226 g/mol. The molecule has 1 rings (SSSR count). The molecule has 0 aromatic carbocycles. The molecule has 0 saturated heterocycles. The quantitative estimate of drug-likeness (QED) is 0.696. The largest absolute Gasteiger partial charge is 0.434 e. The van der Waals surface area contributed by atoms with E-state index in [1.807, 2.05) is 0 Å². The van der Waals surface area contributed by atoms with Crippen molar-refractivity contribution in [2.45, 2.75) is 12.4 Å². The highest BCUT2D eigenvalue weighted by Gasteiger charge is 2.44. The van der Waals surface area contributed by atoms with E-state index < -0.39 is 29.4 Å². The maximum atomic E-state index is 12.1. The van der Waals surface area contributed by atoms with Crippen molar-refractivity contribution >= 4 is 5.82 Å². The number of nitrogen functional groups attached to an aromatic ring is 1. The van der Waals surface area contributed by atoms with Crippen molar-refractivity contribution in [3.63, 3.8) is 0 Å². The number of pyridine rings is 1. The monoisotopic (exact) mass is 230 g/mol. The van der Waals surface area contributed by atoms with Crippen LogP contribution in [-0.2, 0) is 12.4 Å². The Kier molecular flexibility index (Phi) is 2.54. The molecule has 0 aliphatic carbocycles. The van der Waals surface area contributed by atoms with Crippen LogP contribution in [0.4, 0.5) is 32.2 Å². The Morgan fingerprint density at radius 2 is 1.47 bits per heavy atom. The Morgan fingerprint density at radius 1 is 0.933 bits per heavy atom. The molecule has 2 N–H and O–H groups in total. The van der Waals surface area contributed by atoms with Gasteiger partial charge in [-0.05, 0) is 12.1 Å². The number of nitrogens with two attached hydrogens (primary N) is 1. The van der Waals surface area contributed by atoms with Crippen LogP contribution in [0.1, 0.15) is 11.3 Å². The van der Waals surface area contributed by atoms with Gasteiger partial charge in [-0.15, -0.1) is 0 Å². The summed E-state index contributed by atoms with van der Waals surface area (Å²) in [7, 11) is 0. The topological polar surface area (TPSA) is 38.9 Å². The van der Waals surface area contributed by atoms with Crippen molar-refractivity contribution in [1.82, 2.24) is 4.98 Å². The second-order valence-corrected chi connectivity index (χ2v) is 2.63. The van der Waals surface area contributed by atoms with Crippen LogP contribution in [0.15, 0.2) is 12.1 Å². The lowest BCUT2D eigenvalue weighted by molar-refractivity contribution is -0.164. The molecule has 8 heteroatoms. The average molecular weight is 230 g/mol. The molecule has 0 amide bonds. The third-order valence-corrected chi connectivity index (χ3v) is 1.49. The summed E-state index contributed by atoms with van der Waals surface area (Å²) in [6.07, 6.45) is -10.3. The smallest absolute Gasteiger partial charge is 0.384 e. The molecule has 0 aliphatic heterocycles. The molecule has 0 atom stereocenters. The Labute approximate surface area is 79.7 Å². The molecule has 84 valence electrons. The van der Waals surface area contributed by atoms with Gasteiger partial charge in [0, 0.05) is 0 Å². The minimum atomic E-state index is -5.18. The van der Waals surface area contributed by atoms with Crippen LogP contribution < -0.4 is 5.73 Å². The van der Waals surface area contributed by atoms with Crippen LogP contribution in [0.2, 0.25) is 0 Å². The number of hydrogen-bond donors (Lipinski definition) is 1. The highest BCUT2D eigenvalue weighted by Crippen LogP contribution is 2.39. The lowest BCUT2D eigenvalue weighted by Crippen LogP contribution is -2.19. The van der Waals surface area contributed by atoms with Gasteiger partial charge in [-0.3, -0.25) is 0 Å². The molecule has 1 heterocycles. The van der Waals surface area contributed by atoms with E-state index in [0.717, 1.165) is 0 Å². The summed E-state index contributed by atoms with van der Waals surface area (Å²) < 4.78 is 72.8. The molecule has 0 aliphatic rings. The molecule has 0 bridgehead atoms.